The van der Waals surface area contributed by atoms with E-state index in [4.69, 9.17) is 39.9 Å². The number of carbonyl (C=O) groups is 1. The van der Waals surface area contributed by atoms with Gasteiger partial charge in [0.15, 0.2) is 0 Å². The average Bonchev–Trinajstić information content (AvgIpc) is 2.41. The SMILES string of the molecule is O=C(O)c1ccc(Cl)cc1NCCc1ccc(Cl)cc1Cl. The molecule has 2 aromatic carbocycles. The summed E-state index contributed by atoms with van der Waals surface area (Å²) in [4.78, 5) is 11.1. The quantitative estimate of drug-likeness (QED) is 0.802. The number of anilines is 1. The fraction of sp³-hybridized carbons (Fsp3) is 0.133. The van der Waals surface area contributed by atoms with Crippen LogP contribution in [0.25, 0.3) is 0 Å². The fourth-order valence-corrected chi connectivity index (χ4v) is 2.58. The molecule has 0 saturated carbocycles. The van der Waals surface area contributed by atoms with E-state index in [1.165, 1.54) is 6.07 Å². The lowest BCUT2D eigenvalue weighted by Crippen LogP contribution is -2.09. The Bertz CT molecular complexity index is 674. The molecule has 0 unspecified atom stereocenters. The average molecular weight is 345 g/mol. The van der Waals surface area contributed by atoms with E-state index in [1.807, 2.05) is 6.07 Å². The lowest BCUT2D eigenvalue weighted by Gasteiger charge is -2.11. The monoisotopic (exact) mass is 343 g/mol. The van der Waals surface area contributed by atoms with Gasteiger partial charge in [-0.1, -0.05) is 40.9 Å². The Morgan fingerprint density at radius 1 is 1.05 bits per heavy atom. The Balaban J connectivity index is 2.06. The number of carboxylic acid groups (broad SMARTS) is 1. The summed E-state index contributed by atoms with van der Waals surface area (Å²) >= 11 is 17.8. The van der Waals surface area contributed by atoms with Crippen LogP contribution >= 0.6 is 34.8 Å². The van der Waals surface area contributed by atoms with E-state index < -0.39 is 5.97 Å². The minimum absolute atomic E-state index is 0.182. The van der Waals surface area contributed by atoms with E-state index in [0.717, 1.165) is 5.56 Å². The first-order valence-electron chi connectivity index (χ1n) is 6.18. The molecule has 0 aliphatic rings. The van der Waals surface area contributed by atoms with Crippen LogP contribution < -0.4 is 5.32 Å². The van der Waals surface area contributed by atoms with Crippen LogP contribution in [0.2, 0.25) is 15.1 Å². The summed E-state index contributed by atoms with van der Waals surface area (Å²) in [6, 6.07) is 9.91. The van der Waals surface area contributed by atoms with Crippen LogP contribution in [0.1, 0.15) is 15.9 Å². The number of halogens is 3. The van der Waals surface area contributed by atoms with Crippen molar-refractivity contribution in [3.63, 3.8) is 0 Å². The van der Waals surface area contributed by atoms with Crippen LogP contribution in [0, 0.1) is 0 Å². The molecule has 2 aromatic rings. The molecular weight excluding hydrogens is 333 g/mol. The van der Waals surface area contributed by atoms with Gasteiger partial charge in [0.2, 0.25) is 0 Å². The van der Waals surface area contributed by atoms with Gasteiger partial charge in [0.25, 0.3) is 0 Å². The van der Waals surface area contributed by atoms with E-state index in [-0.39, 0.29) is 5.56 Å². The largest absolute Gasteiger partial charge is 0.478 e. The maximum atomic E-state index is 11.1. The standard InChI is InChI=1S/C15H12Cl3NO2/c16-10-2-1-9(13(18)7-10)5-6-19-14-8-11(17)3-4-12(14)15(20)21/h1-4,7-8,19H,5-6H2,(H,20,21). The van der Waals surface area contributed by atoms with Crippen molar-refractivity contribution in [3.8, 4) is 0 Å². The van der Waals surface area contributed by atoms with Crippen molar-refractivity contribution < 1.29 is 9.90 Å². The van der Waals surface area contributed by atoms with Crippen molar-refractivity contribution in [1.29, 1.82) is 0 Å². The molecule has 110 valence electrons. The second kappa shape index (κ2) is 7.03. The van der Waals surface area contributed by atoms with E-state index in [0.29, 0.717) is 33.7 Å². The normalized spacial score (nSPS) is 10.4. The molecule has 0 spiro atoms. The summed E-state index contributed by atoms with van der Waals surface area (Å²) in [6.07, 6.45) is 0.640. The van der Waals surface area contributed by atoms with Crippen molar-refractivity contribution in [2.75, 3.05) is 11.9 Å². The Kier molecular flexibility index (Phi) is 5.34. The summed E-state index contributed by atoms with van der Waals surface area (Å²) in [5.41, 5.74) is 1.61. The van der Waals surface area contributed by atoms with Crippen molar-refractivity contribution in [3.05, 3.63) is 62.6 Å². The number of hydrogen-bond acceptors (Lipinski definition) is 2. The predicted octanol–water partition coefficient (Wildman–Crippen LogP) is 5.00. The zero-order valence-electron chi connectivity index (χ0n) is 10.9. The Morgan fingerprint density at radius 3 is 2.38 bits per heavy atom. The summed E-state index contributed by atoms with van der Waals surface area (Å²) in [5, 5.41) is 13.9. The fourth-order valence-electron chi connectivity index (χ4n) is 1.91. The van der Waals surface area contributed by atoms with Crippen LogP contribution in [0.3, 0.4) is 0 Å². The van der Waals surface area contributed by atoms with Gasteiger partial charge in [-0.15, -0.1) is 0 Å². The molecule has 2 rings (SSSR count). The summed E-state index contributed by atoms with van der Waals surface area (Å²) < 4.78 is 0. The molecule has 0 amide bonds. The molecule has 0 aliphatic heterocycles. The molecule has 0 heterocycles. The molecule has 0 radical (unpaired) electrons. The lowest BCUT2D eigenvalue weighted by molar-refractivity contribution is 0.0698. The minimum atomic E-state index is -1.00. The number of aromatic carboxylic acids is 1. The van der Waals surface area contributed by atoms with Gasteiger partial charge in [-0.25, -0.2) is 4.79 Å². The number of benzene rings is 2. The van der Waals surface area contributed by atoms with Crippen LogP contribution in [-0.4, -0.2) is 17.6 Å². The highest BCUT2D eigenvalue weighted by Gasteiger charge is 2.10. The second-order valence-corrected chi connectivity index (χ2v) is 5.69. The van der Waals surface area contributed by atoms with E-state index in [2.05, 4.69) is 5.32 Å². The smallest absolute Gasteiger partial charge is 0.337 e. The van der Waals surface area contributed by atoms with Crippen molar-refractivity contribution >= 4 is 46.5 Å². The maximum Gasteiger partial charge on any atom is 0.337 e. The number of nitrogens with one attached hydrogen (secondary N) is 1. The van der Waals surface area contributed by atoms with Gasteiger partial charge >= 0.3 is 5.97 Å². The zero-order valence-corrected chi connectivity index (χ0v) is 13.1. The molecule has 0 aliphatic carbocycles. The van der Waals surface area contributed by atoms with Crippen LogP contribution in [-0.2, 0) is 6.42 Å². The molecule has 2 N–H and O–H groups in total. The summed E-state index contributed by atoms with van der Waals surface area (Å²) in [6.45, 7) is 0.530. The third kappa shape index (κ3) is 4.27. The maximum absolute atomic E-state index is 11.1. The molecule has 0 atom stereocenters. The first-order chi connectivity index (χ1) is 9.97. The number of rotatable bonds is 5. The van der Waals surface area contributed by atoms with Crippen LogP contribution in [0.4, 0.5) is 5.69 Å². The highest BCUT2D eigenvalue weighted by molar-refractivity contribution is 6.35. The van der Waals surface area contributed by atoms with Gasteiger partial charge in [0, 0.05) is 21.6 Å². The molecule has 6 heteroatoms. The van der Waals surface area contributed by atoms with Gasteiger partial charge in [0.1, 0.15) is 0 Å². The van der Waals surface area contributed by atoms with Gasteiger partial charge in [0.05, 0.1) is 11.3 Å². The van der Waals surface area contributed by atoms with E-state index >= 15 is 0 Å². The van der Waals surface area contributed by atoms with Crippen molar-refractivity contribution in [2.24, 2.45) is 0 Å². The first kappa shape index (κ1) is 16.0. The molecular formula is C15H12Cl3NO2. The van der Waals surface area contributed by atoms with Crippen LogP contribution in [0.5, 0.6) is 0 Å². The van der Waals surface area contributed by atoms with E-state index in [9.17, 15) is 4.79 Å². The number of carboxylic acids is 1. The van der Waals surface area contributed by atoms with Gasteiger partial charge in [-0.05, 0) is 42.3 Å². The Morgan fingerprint density at radius 2 is 1.71 bits per heavy atom. The highest BCUT2D eigenvalue weighted by atomic mass is 35.5. The second-order valence-electron chi connectivity index (χ2n) is 4.41. The third-order valence-corrected chi connectivity index (χ3v) is 3.76. The highest BCUT2D eigenvalue weighted by Crippen LogP contribution is 2.23. The van der Waals surface area contributed by atoms with Gasteiger partial charge in [-0.3, -0.25) is 0 Å². The van der Waals surface area contributed by atoms with Crippen molar-refractivity contribution in [2.45, 2.75) is 6.42 Å². The lowest BCUT2D eigenvalue weighted by atomic mass is 10.1. The van der Waals surface area contributed by atoms with Crippen molar-refractivity contribution in [1.82, 2.24) is 0 Å². The third-order valence-electron chi connectivity index (χ3n) is 2.94. The molecule has 3 nitrogen and oxygen atoms in total. The van der Waals surface area contributed by atoms with Gasteiger partial charge in [-0.2, -0.15) is 0 Å². The number of hydrogen-bond donors (Lipinski definition) is 2. The van der Waals surface area contributed by atoms with Gasteiger partial charge < -0.3 is 10.4 Å². The van der Waals surface area contributed by atoms with E-state index in [1.54, 1.807) is 24.3 Å². The first-order valence-corrected chi connectivity index (χ1v) is 7.31. The zero-order chi connectivity index (χ0) is 15.4. The summed E-state index contributed by atoms with van der Waals surface area (Å²) in [7, 11) is 0. The molecule has 0 aromatic heterocycles. The predicted molar refractivity (Wildman–Crippen MR) is 87.1 cm³/mol. The topological polar surface area (TPSA) is 49.3 Å². The van der Waals surface area contributed by atoms with Crippen LogP contribution in [0.15, 0.2) is 36.4 Å². The summed E-state index contributed by atoms with van der Waals surface area (Å²) in [5.74, 6) is -1.00. The molecule has 0 bridgehead atoms. The molecule has 0 saturated heterocycles. The molecule has 21 heavy (non-hydrogen) atoms. The minimum Gasteiger partial charge on any atom is -0.478 e. The Hall–Kier alpha value is -1.42. The molecule has 0 fully saturated rings. The Labute approximate surface area is 137 Å².